The van der Waals surface area contributed by atoms with E-state index in [4.69, 9.17) is 10.5 Å². The van der Waals surface area contributed by atoms with E-state index in [1.54, 1.807) is 13.8 Å². The quantitative estimate of drug-likeness (QED) is 0.771. The number of hydrogen-bond donors (Lipinski definition) is 2. The van der Waals surface area contributed by atoms with Crippen molar-refractivity contribution in [3.8, 4) is 0 Å². The molecule has 4 bridgehead atoms. The van der Waals surface area contributed by atoms with E-state index >= 15 is 0 Å². The maximum Gasteiger partial charge on any atom is 0.311 e. The van der Waals surface area contributed by atoms with E-state index < -0.39 is 5.54 Å². The first-order valence-electron chi connectivity index (χ1n) is 7.93. The lowest BCUT2D eigenvalue weighted by Gasteiger charge is -2.58. The first-order chi connectivity index (χ1) is 9.75. The van der Waals surface area contributed by atoms with E-state index in [2.05, 4.69) is 5.32 Å². The average Bonchev–Trinajstić information content (AvgIpc) is 2.39. The van der Waals surface area contributed by atoms with Gasteiger partial charge in [-0.15, -0.1) is 12.4 Å². The minimum atomic E-state index is -0.852. The van der Waals surface area contributed by atoms with Crippen LogP contribution in [0.4, 0.5) is 0 Å². The van der Waals surface area contributed by atoms with Gasteiger partial charge in [0.15, 0.2) is 0 Å². The number of nitrogens with one attached hydrogen (secondary N) is 1. The SMILES string of the molecule is COC(=O)C12CC3CC(C1)C(NC(=O)C(C)(C)N)C(C3)C2.Cl. The minimum Gasteiger partial charge on any atom is -0.469 e. The Bertz CT molecular complexity index is 459. The molecule has 2 unspecified atom stereocenters. The molecule has 2 atom stereocenters. The van der Waals surface area contributed by atoms with Crippen molar-refractivity contribution in [2.45, 2.75) is 57.5 Å². The lowest BCUT2D eigenvalue weighted by Crippen LogP contribution is -2.63. The third kappa shape index (κ3) is 2.73. The predicted molar refractivity (Wildman–Crippen MR) is 85.4 cm³/mol. The number of ether oxygens (including phenoxy) is 1. The van der Waals surface area contributed by atoms with Gasteiger partial charge in [0.25, 0.3) is 0 Å². The zero-order chi connectivity index (χ0) is 15.4. The van der Waals surface area contributed by atoms with E-state index in [1.165, 1.54) is 7.11 Å². The van der Waals surface area contributed by atoms with E-state index in [0.29, 0.717) is 17.8 Å². The first kappa shape index (κ1) is 17.5. The maximum atomic E-state index is 12.2. The topological polar surface area (TPSA) is 81.4 Å². The summed E-state index contributed by atoms with van der Waals surface area (Å²) in [6.45, 7) is 3.46. The molecule has 0 aromatic heterocycles. The molecule has 4 rings (SSSR count). The summed E-state index contributed by atoms with van der Waals surface area (Å²) in [5.41, 5.74) is 4.75. The number of methoxy groups -OCH3 is 1. The van der Waals surface area contributed by atoms with Gasteiger partial charge in [-0.1, -0.05) is 0 Å². The maximum absolute atomic E-state index is 12.2. The minimum absolute atomic E-state index is 0. The summed E-state index contributed by atoms with van der Waals surface area (Å²) < 4.78 is 5.06. The Kier molecular flexibility index (Phi) is 4.53. The van der Waals surface area contributed by atoms with Gasteiger partial charge in [-0.05, 0) is 63.7 Å². The predicted octanol–water partition coefficient (Wildman–Crippen LogP) is 1.63. The number of nitrogens with two attached hydrogens (primary N) is 1. The summed E-state index contributed by atoms with van der Waals surface area (Å²) in [6.07, 6.45) is 4.90. The van der Waals surface area contributed by atoms with Crippen LogP contribution in [0.1, 0.15) is 46.0 Å². The van der Waals surface area contributed by atoms with E-state index in [1.807, 2.05) is 0 Å². The highest BCUT2D eigenvalue weighted by molar-refractivity contribution is 5.86. The van der Waals surface area contributed by atoms with Gasteiger partial charge in [0.05, 0.1) is 18.1 Å². The van der Waals surface area contributed by atoms with Crippen LogP contribution in [0.2, 0.25) is 0 Å². The molecule has 0 heterocycles. The monoisotopic (exact) mass is 330 g/mol. The molecular weight excluding hydrogens is 304 g/mol. The van der Waals surface area contributed by atoms with Crippen molar-refractivity contribution in [3.63, 3.8) is 0 Å². The van der Waals surface area contributed by atoms with Crippen LogP contribution < -0.4 is 11.1 Å². The molecule has 0 aliphatic heterocycles. The molecule has 0 spiro atoms. The standard InChI is InChI=1S/C16H26N2O3.ClH/c1-15(2,17)13(19)18-12-10-4-9-5-11(12)8-16(6-9,7-10)14(20)21-3;/h9-12H,4-8,17H2,1-3H3,(H,18,19);1H. The van der Waals surface area contributed by atoms with Crippen LogP contribution in [0.15, 0.2) is 0 Å². The van der Waals surface area contributed by atoms with E-state index in [0.717, 1.165) is 32.1 Å². The van der Waals surface area contributed by atoms with Crippen LogP contribution in [-0.4, -0.2) is 30.6 Å². The highest BCUT2D eigenvalue weighted by Gasteiger charge is 2.59. The molecule has 4 saturated carbocycles. The Balaban J connectivity index is 0.00000176. The highest BCUT2D eigenvalue weighted by atomic mass is 35.5. The molecule has 0 aromatic carbocycles. The van der Waals surface area contributed by atoms with Crippen molar-refractivity contribution in [1.29, 1.82) is 0 Å². The summed E-state index contributed by atoms with van der Waals surface area (Å²) in [4.78, 5) is 24.4. The van der Waals surface area contributed by atoms with Gasteiger partial charge >= 0.3 is 5.97 Å². The summed E-state index contributed by atoms with van der Waals surface area (Å²) in [5.74, 6) is 1.25. The molecule has 5 nitrogen and oxygen atoms in total. The average molecular weight is 331 g/mol. The largest absolute Gasteiger partial charge is 0.469 e. The molecule has 3 N–H and O–H groups in total. The second kappa shape index (κ2) is 5.68. The fourth-order valence-corrected chi connectivity index (χ4v) is 5.06. The molecule has 126 valence electrons. The number of amides is 1. The number of hydrogen-bond acceptors (Lipinski definition) is 4. The Morgan fingerprint density at radius 3 is 2.18 bits per heavy atom. The summed E-state index contributed by atoms with van der Waals surface area (Å²) in [6, 6.07) is 0.176. The van der Waals surface area contributed by atoms with Gasteiger partial charge < -0.3 is 15.8 Å². The molecule has 4 fully saturated rings. The van der Waals surface area contributed by atoms with E-state index in [9.17, 15) is 9.59 Å². The van der Waals surface area contributed by atoms with Gasteiger partial charge in [-0.2, -0.15) is 0 Å². The van der Waals surface area contributed by atoms with Gasteiger partial charge in [-0.25, -0.2) is 0 Å². The third-order valence-electron chi connectivity index (χ3n) is 5.77. The van der Waals surface area contributed by atoms with Crippen molar-refractivity contribution < 1.29 is 14.3 Å². The molecule has 6 heteroatoms. The molecule has 0 saturated heterocycles. The van der Waals surface area contributed by atoms with E-state index in [-0.39, 0.29) is 35.7 Å². The van der Waals surface area contributed by atoms with Crippen molar-refractivity contribution in [2.24, 2.45) is 28.9 Å². The second-order valence-electron chi connectivity index (χ2n) is 7.96. The molecule has 1 amide bonds. The highest BCUT2D eigenvalue weighted by Crippen LogP contribution is 2.60. The zero-order valence-corrected chi connectivity index (χ0v) is 14.4. The van der Waals surface area contributed by atoms with Gasteiger partial charge in [0.1, 0.15) is 0 Å². The van der Waals surface area contributed by atoms with Crippen molar-refractivity contribution >= 4 is 24.3 Å². The number of carbonyl (C=O) groups excluding carboxylic acids is 2. The van der Waals surface area contributed by atoms with Crippen molar-refractivity contribution in [1.82, 2.24) is 5.32 Å². The summed E-state index contributed by atoms with van der Waals surface area (Å²) >= 11 is 0. The lowest BCUT2D eigenvalue weighted by atomic mass is 9.48. The number of rotatable bonds is 3. The summed E-state index contributed by atoms with van der Waals surface area (Å²) in [5, 5.41) is 3.16. The lowest BCUT2D eigenvalue weighted by molar-refractivity contribution is -0.171. The van der Waals surface area contributed by atoms with Gasteiger partial charge in [0.2, 0.25) is 5.91 Å². The molecular formula is C16H27ClN2O3. The Morgan fingerprint density at radius 1 is 1.18 bits per heavy atom. The van der Waals surface area contributed by atoms with Crippen LogP contribution in [0.25, 0.3) is 0 Å². The molecule has 22 heavy (non-hydrogen) atoms. The number of esters is 1. The van der Waals surface area contributed by atoms with Crippen LogP contribution >= 0.6 is 12.4 Å². The summed E-state index contributed by atoms with van der Waals surface area (Å²) in [7, 11) is 1.48. The molecule has 0 aromatic rings. The molecule has 4 aliphatic carbocycles. The number of halogens is 1. The fraction of sp³-hybridized carbons (Fsp3) is 0.875. The van der Waals surface area contributed by atoms with Crippen LogP contribution in [0, 0.1) is 23.2 Å². The van der Waals surface area contributed by atoms with Crippen molar-refractivity contribution in [3.05, 3.63) is 0 Å². The zero-order valence-electron chi connectivity index (χ0n) is 13.6. The fourth-order valence-electron chi connectivity index (χ4n) is 5.06. The Labute approximate surface area is 138 Å². The smallest absolute Gasteiger partial charge is 0.311 e. The van der Waals surface area contributed by atoms with Crippen LogP contribution in [0.5, 0.6) is 0 Å². The van der Waals surface area contributed by atoms with Gasteiger partial charge in [-0.3, -0.25) is 9.59 Å². The third-order valence-corrected chi connectivity index (χ3v) is 5.77. The Morgan fingerprint density at radius 2 is 1.73 bits per heavy atom. The Hall–Kier alpha value is -0.810. The van der Waals surface area contributed by atoms with Gasteiger partial charge in [0, 0.05) is 6.04 Å². The second-order valence-corrected chi connectivity index (χ2v) is 7.96. The van der Waals surface area contributed by atoms with Crippen LogP contribution in [-0.2, 0) is 14.3 Å². The molecule has 4 aliphatic rings. The normalized spacial score (nSPS) is 39.1. The molecule has 0 radical (unpaired) electrons. The van der Waals surface area contributed by atoms with Crippen LogP contribution in [0.3, 0.4) is 0 Å². The van der Waals surface area contributed by atoms with Crippen molar-refractivity contribution in [2.75, 3.05) is 7.11 Å². The first-order valence-corrected chi connectivity index (χ1v) is 7.93. The number of carbonyl (C=O) groups is 2.